The molecule has 0 radical (unpaired) electrons. The fourth-order valence-electron chi connectivity index (χ4n) is 4.51. The molecule has 3 aliphatic rings. The fourth-order valence-corrected chi connectivity index (χ4v) is 4.51. The number of hydrogen-bond donors (Lipinski definition) is 2. The predicted molar refractivity (Wildman–Crippen MR) is 122 cm³/mol. The normalized spacial score (nSPS) is 20.2. The number of anilines is 1. The highest BCUT2D eigenvalue weighted by atomic mass is 16.4. The molecule has 31 heavy (non-hydrogen) atoms. The number of hydrogen-bond acceptors (Lipinski definition) is 4. The molecule has 3 aliphatic carbocycles. The lowest BCUT2D eigenvalue weighted by molar-refractivity contribution is -0.132. The molecule has 1 heterocycles. The van der Waals surface area contributed by atoms with Crippen LogP contribution in [0.1, 0.15) is 49.7 Å². The number of nitrogens with zero attached hydrogens (tertiary/aromatic N) is 2. The highest BCUT2D eigenvalue weighted by Crippen LogP contribution is 2.41. The average Bonchev–Trinajstić information content (AvgIpc) is 3.61. The number of allylic oxidation sites excluding steroid dienone is 5. The van der Waals surface area contributed by atoms with Crippen molar-refractivity contribution in [1.82, 2.24) is 9.97 Å². The van der Waals surface area contributed by atoms with Gasteiger partial charge in [0, 0.05) is 29.3 Å². The number of carbonyl (C=O) groups is 1. The van der Waals surface area contributed by atoms with Crippen LogP contribution in [0.2, 0.25) is 0 Å². The number of rotatable bonds is 5. The van der Waals surface area contributed by atoms with Crippen LogP contribution in [0.3, 0.4) is 0 Å². The molecule has 0 saturated heterocycles. The van der Waals surface area contributed by atoms with Gasteiger partial charge in [0.25, 0.3) is 0 Å². The van der Waals surface area contributed by atoms with E-state index in [-0.39, 0.29) is 0 Å². The Balaban J connectivity index is 1.55. The first-order valence-corrected chi connectivity index (χ1v) is 10.8. The van der Waals surface area contributed by atoms with E-state index in [1.807, 2.05) is 24.5 Å². The summed E-state index contributed by atoms with van der Waals surface area (Å²) in [5.41, 5.74) is 7.46. The number of aromatic nitrogens is 2. The van der Waals surface area contributed by atoms with Gasteiger partial charge in [-0.25, -0.2) is 14.8 Å². The molecular weight excluding hydrogens is 386 g/mol. The molecule has 1 fully saturated rings. The second-order valence-electron chi connectivity index (χ2n) is 8.51. The van der Waals surface area contributed by atoms with Crippen molar-refractivity contribution in [2.45, 2.75) is 38.5 Å². The van der Waals surface area contributed by atoms with Crippen LogP contribution in [0.25, 0.3) is 17.2 Å². The number of fused-ring (bicyclic) bond motifs is 1. The van der Waals surface area contributed by atoms with Gasteiger partial charge in [-0.2, -0.15) is 0 Å². The summed E-state index contributed by atoms with van der Waals surface area (Å²) < 4.78 is 0. The lowest BCUT2D eigenvalue weighted by Crippen LogP contribution is -2.12. The van der Waals surface area contributed by atoms with Crippen LogP contribution < -0.4 is 5.32 Å². The lowest BCUT2D eigenvalue weighted by atomic mass is 9.83. The molecule has 2 N–H and O–H groups in total. The Labute approximate surface area is 181 Å². The quantitative estimate of drug-likeness (QED) is 0.659. The van der Waals surface area contributed by atoms with Gasteiger partial charge < -0.3 is 10.4 Å². The minimum Gasteiger partial charge on any atom is -0.478 e. The van der Waals surface area contributed by atoms with Crippen molar-refractivity contribution in [2.24, 2.45) is 5.92 Å². The van der Waals surface area contributed by atoms with E-state index in [0.29, 0.717) is 23.1 Å². The van der Waals surface area contributed by atoms with E-state index in [2.05, 4.69) is 52.6 Å². The van der Waals surface area contributed by atoms with Crippen molar-refractivity contribution in [3.05, 3.63) is 83.1 Å². The third-order valence-corrected chi connectivity index (χ3v) is 6.20. The molecule has 0 aliphatic heterocycles. The Morgan fingerprint density at radius 3 is 2.71 bits per heavy atom. The van der Waals surface area contributed by atoms with Crippen molar-refractivity contribution >= 4 is 17.7 Å². The van der Waals surface area contributed by atoms with E-state index in [0.717, 1.165) is 53.6 Å². The molecule has 2 aromatic rings. The molecule has 0 amide bonds. The largest absolute Gasteiger partial charge is 0.478 e. The smallest absolute Gasteiger partial charge is 0.337 e. The molecule has 5 nitrogen and oxygen atoms in total. The highest BCUT2D eigenvalue weighted by molar-refractivity contribution is 5.94. The summed E-state index contributed by atoms with van der Waals surface area (Å²) in [6.45, 7) is 2.23. The summed E-state index contributed by atoms with van der Waals surface area (Å²) in [5, 5.41) is 13.3. The molecule has 0 spiro atoms. The second kappa shape index (κ2) is 7.99. The van der Waals surface area contributed by atoms with Gasteiger partial charge in [0.1, 0.15) is 6.33 Å². The number of nitrogens with one attached hydrogen (secondary N) is 1. The maximum Gasteiger partial charge on any atom is 0.337 e. The van der Waals surface area contributed by atoms with Gasteiger partial charge in [0.15, 0.2) is 0 Å². The van der Waals surface area contributed by atoms with E-state index >= 15 is 0 Å². The molecule has 156 valence electrons. The molecule has 1 saturated carbocycles. The summed E-state index contributed by atoms with van der Waals surface area (Å²) in [5.74, 6) is -0.00126. The summed E-state index contributed by atoms with van der Waals surface area (Å²) in [6, 6.07) is 4.20. The molecule has 5 rings (SSSR count). The van der Waals surface area contributed by atoms with Gasteiger partial charge in [-0.3, -0.25) is 0 Å². The molecule has 1 aromatic heterocycles. The van der Waals surface area contributed by atoms with Crippen molar-refractivity contribution in [2.75, 3.05) is 5.32 Å². The van der Waals surface area contributed by atoms with Gasteiger partial charge >= 0.3 is 5.97 Å². The van der Waals surface area contributed by atoms with E-state index in [9.17, 15) is 9.90 Å². The Morgan fingerprint density at radius 2 is 1.97 bits per heavy atom. The van der Waals surface area contributed by atoms with Gasteiger partial charge in [-0.05, 0) is 78.0 Å². The van der Waals surface area contributed by atoms with Gasteiger partial charge in [-0.1, -0.05) is 31.2 Å². The van der Waals surface area contributed by atoms with Crippen LogP contribution in [0.15, 0.2) is 72.0 Å². The third-order valence-electron chi connectivity index (χ3n) is 6.20. The van der Waals surface area contributed by atoms with Crippen LogP contribution in [0, 0.1) is 5.92 Å². The van der Waals surface area contributed by atoms with Gasteiger partial charge in [-0.15, -0.1) is 0 Å². The standard InChI is InChI=1S/C26H25N3O2/c1-16-4-2-6-19-10-21(12-22(25(16)19)20-13-27-15-28-14-20)29-24-7-3-5-18(17-8-9-17)11-23(24)26(30)31/h2,5-7,10-17,29H,3-4,8-9H2,1H3,(H,30,31). The first-order valence-electron chi connectivity index (χ1n) is 10.8. The van der Waals surface area contributed by atoms with E-state index in [1.165, 1.54) is 11.9 Å². The second-order valence-corrected chi connectivity index (χ2v) is 8.51. The first kappa shape index (κ1) is 19.5. The molecule has 5 heteroatoms. The Hall–Kier alpha value is -3.47. The summed E-state index contributed by atoms with van der Waals surface area (Å²) >= 11 is 0. The first-order chi connectivity index (χ1) is 15.1. The van der Waals surface area contributed by atoms with Gasteiger partial charge in [0.2, 0.25) is 0 Å². The lowest BCUT2D eigenvalue weighted by Gasteiger charge is -2.24. The Bertz CT molecular complexity index is 1150. The summed E-state index contributed by atoms with van der Waals surface area (Å²) in [6.07, 6.45) is 19.5. The fraction of sp³-hybridized carbons (Fsp3) is 0.269. The van der Waals surface area contributed by atoms with Crippen LogP contribution in [0.4, 0.5) is 5.69 Å². The monoisotopic (exact) mass is 411 g/mol. The van der Waals surface area contributed by atoms with Crippen molar-refractivity contribution in [1.29, 1.82) is 0 Å². The SMILES string of the molecule is CC1CC=Cc2cc(NC3=CCC=C(C4CC4)C=C3C(=O)O)cc(-c3cncnc3)c21. The molecule has 0 bridgehead atoms. The van der Waals surface area contributed by atoms with Crippen molar-refractivity contribution in [3.8, 4) is 11.1 Å². The third kappa shape index (κ3) is 3.96. The molecule has 1 atom stereocenters. The molecular formula is C26H25N3O2. The van der Waals surface area contributed by atoms with Gasteiger partial charge in [0.05, 0.1) is 5.57 Å². The number of carboxylic acids is 1. The zero-order valence-corrected chi connectivity index (χ0v) is 17.5. The summed E-state index contributed by atoms with van der Waals surface area (Å²) in [7, 11) is 0. The minimum atomic E-state index is -0.907. The van der Waals surface area contributed by atoms with Crippen LogP contribution >= 0.6 is 0 Å². The number of benzene rings is 1. The zero-order valence-electron chi connectivity index (χ0n) is 17.5. The maximum absolute atomic E-state index is 12.1. The minimum absolute atomic E-state index is 0.321. The molecule has 1 unspecified atom stereocenters. The Morgan fingerprint density at radius 1 is 1.16 bits per heavy atom. The Kier molecular flexibility index (Phi) is 5.02. The van der Waals surface area contributed by atoms with E-state index < -0.39 is 5.97 Å². The predicted octanol–water partition coefficient (Wildman–Crippen LogP) is 5.71. The highest BCUT2D eigenvalue weighted by Gasteiger charge is 2.27. The van der Waals surface area contributed by atoms with Crippen LogP contribution in [-0.2, 0) is 4.79 Å². The number of carboxylic acid groups (broad SMARTS) is 1. The zero-order chi connectivity index (χ0) is 21.4. The van der Waals surface area contributed by atoms with E-state index in [1.54, 1.807) is 0 Å². The van der Waals surface area contributed by atoms with E-state index in [4.69, 9.17) is 0 Å². The van der Waals surface area contributed by atoms with Crippen molar-refractivity contribution in [3.63, 3.8) is 0 Å². The topological polar surface area (TPSA) is 75.1 Å². The molecule has 1 aromatic carbocycles. The number of aliphatic carboxylic acids is 1. The van der Waals surface area contributed by atoms with Crippen LogP contribution in [0.5, 0.6) is 0 Å². The van der Waals surface area contributed by atoms with Crippen molar-refractivity contribution < 1.29 is 9.90 Å². The van der Waals surface area contributed by atoms with Crippen LogP contribution in [-0.4, -0.2) is 21.0 Å². The average molecular weight is 412 g/mol. The summed E-state index contributed by atoms with van der Waals surface area (Å²) in [4.78, 5) is 20.5. The maximum atomic E-state index is 12.1.